The maximum atomic E-state index is 12.2. The third-order valence-electron chi connectivity index (χ3n) is 3.98. The summed E-state index contributed by atoms with van der Waals surface area (Å²) < 4.78 is 10.1. The van der Waals surface area contributed by atoms with E-state index in [0.717, 1.165) is 0 Å². The van der Waals surface area contributed by atoms with Gasteiger partial charge in [0, 0.05) is 26.2 Å². The van der Waals surface area contributed by atoms with Crippen LogP contribution in [0.25, 0.3) is 0 Å². The first-order chi connectivity index (χ1) is 13.0. The number of rotatable bonds is 4. The van der Waals surface area contributed by atoms with Gasteiger partial charge >= 0.3 is 5.97 Å². The van der Waals surface area contributed by atoms with Gasteiger partial charge in [-0.25, -0.2) is 9.78 Å². The van der Waals surface area contributed by atoms with Crippen molar-refractivity contribution in [1.29, 1.82) is 0 Å². The van der Waals surface area contributed by atoms with Gasteiger partial charge in [0.05, 0.1) is 11.3 Å². The van der Waals surface area contributed by atoms with Gasteiger partial charge in [0.2, 0.25) is 0 Å². The zero-order valence-electron chi connectivity index (χ0n) is 14.1. The molecular formula is C17H15Cl2N3O5. The predicted octanol–water partition coefficient (Wildman–Crippen LogP) is 2.12. The van der Waals surface area contributed by atoms with E-state index in [1.54, 1.807) is 17.0 Å². The maximum Gasteiger partial charge on any atom is 0.359 e. The van der Waals surface area contributed by atoms with Crippen LogP contribution in [-0.4, -0.2) is 65.4 Å². The molecule has 2 aromatic rings. The molecule has 8 nitrogen and oxygen atoms in total. The molecule has 10 heteroatoms. The van der Waals surface area contributed by atoms with E-state index in [1.807, 2.05) is 0 Å². The number of halogens is 2. The van der Waals surface area contributed by atoms with Crippen LogP contribution in [0.5, 0.6) is 0 Å². The minimum atomic E-state index is -0.831. The van der Waals surface area contributed by atoms with Crippen molar-refractivity contribution in [2.24, 2.45) is 0 Å². The molecule has 3 rings (SSSR count). The Hall–Kier alpha value is -2.58. The molecule has 0 atom stereocenters. The van der Waals surface area contributed by atoms with Crippen LogP contribution in [-0.2, 0) is 9.53 Å². The van der Waals surface area contributed by atoms with Gasteiger partial charge in [0.25, 0.3) is 11.8 Å². The predicted molar refractivity (Wildman–Crippen MR) is 95.7 cm³/mol. The van der Waals surface area contributed by atoms with E-state index < -0.39 is 12.6 Å². The molecule has 1 saturated heterocycles. The van der Waals surface area contributed by atoms with Gasteiger partial charge < -0.3 is 19.0 Å². The topological polar surface area (TPSA) is 93.0 Å². The monoisotopic (exact) mass is 411 g/mol. The molecule has 0 aliphatic carbocycles. The van der Waals surface area contributed by atoms with Crippen molar-refractivity contribution < 1.29 is 23.5 Å². The van der Waals surface area contributed by atoms with Gasteiger partial charge in [-0.2, -0.15) is 0 Å². The highest BCUT2D eigenvalue weighted by molar-refractivity contribution is 6.34. The number of pyridine rings is 1. The molecule has 142 valence electrons. The van der Waals surface area contributed by atoms with E-state index in [-0.39, 0.29) is 33.4 Å². The molecule has 0 saturated carbocycles. The van der Waals surface area contributed by atoms with Crippen molar-refractivity contribution in [2.75, 3.05) is 32.8 Å². The van der Waals surface area contributed by atoms with Gasteiger partial charge in [-0.1, -0.05) is 23.2 Å². The van der Waals surface area contributed by atoms with Gasteiger partial charge in [-0.3, -0.25) is 9.59 Å². The molecule has 3 heterocycles. The molecule has 1 fully saturated rings. The summed E-state index contributed by atoms with van der Waals surface area (Å²) in [5, 5.41) is 0.178. The van der Waals surface area contributed by atoms with Crippen LogP contribution in [0, 0.1) is 0 Å². The quantitative estimate of drug-likeness (QED) is 0.564. The number of ether oxygens (including phenoxy) is 1. The van der Waals surface area contributed by atoms with Crippen molar-refractivity contribution >= 4 is 41.0 Å². The Kier molecular flexibility index (Phi) is 5.98. The molecule has 1 aliphatic heterocycles. The van der Waals surface area contributed by atoms with Crippen LogP contribution in [0.2, 0.25) is 10.2 Å². The second-order valence-corrected chi connectivity index (χ2v) is 6.49. The maximum absolute atomic E-state index is 12.2. The summed E-state index contributed by atoms with van der Waals surface area (Å²) in [4.78, 5) is 43.4. The zero-order chi connectivity index (χ0) is 19.4. The average molecular weight is 412 g/mol. The number of hydrogen-bond donors (Lipinski definition) is 0. The standard InChI is InChI=1S/C17H15Cl2N3O5/c18-11-3-4-13(19)20-15(11)17(25)27-10-14(23)21-5-7-22(8-6-21)16(24)12-2-1-9-26-12/h1-4,9H,5-8,10H2. The lowest BCUT2D eigenvalue weighted by molar-refractivity contribution is -0.136. The average Bonchev–Trinajstić information content (AvgIpc) is 3.22. The van der Waals surface area contributed by atoms with Crippen molar-refractivity contribution in [3.63, 3.8) is 0 Å². The van der Waals surface area contributed by atoms with Gasteiger partial charge in [-0.05, 0) is 24.3 Å². The van der Waals surface area contributed by atoms with E-state index in [0.29, 0.717) is 26.2 Å². The largest absolute Gasteiger partial charge is 0.459 e. The lowest BCUT2D eigenvalue weighted by Gasteiger charge is -2.34. The highest BCUT2D eigenvalue weighted by Gasteiger charge is 2.27. The Balaban J connectivity index is 1.49. The smallest absolute Gasteiger partial charge is 0.359 e. The van der Waals surface area contributed by atoms with Crippen LogP contribution in [0.3, 0.4) is 0 Å². The van der Waals surface area contributed by atoms with E-state index in [1.165, 1.54) is 23.3 Å². The van der Waals surface area contributed by atoms with Crippen LogP contribution in [0.1, 0.15) is 21.0 Å². The summed E-state index contributed by atoms with van der Waals surface area (Å²) in [5.74, 6) is -1.16. The lowest BCUT2D eigenvalue weighted by atomic mass is 10.3. The second-order valence-electron chi connectivity index (χ2n) is 5.69. The van der Waals surface area contributed by atoms with Gasteiger partial charge in [0.1, 0.15) is 5.15 Å². The molecule has 0 radical (unpaired) electrons. The number of carbonyl (C=O) groups is 3. The fourth-order valence-corrected chi connectivity index (χ4v) is 2.89. The minimum Gasteiger partial charge on any atom is -0.459 e. The fraction of sp³-hybridized carbons (Fsp3) is 0.294. The van der Waals surface area contributed by atoms with Crippen molar-refractivity contribution in [3.05, 3.63) is 52.2 Å². The Labute approximate surface area is 164 Å². The SMILES string of the molecule is O=C(OCC(=O)N1CCN(C(=O)c2ccco2)CC1)c1nc(Cl)ccc1Cl. The molecule has 0 bridgehead atoms. The molecule has 0 spiro atoms. The van der Waals surface area contributed by atoms with Crippen molar-refractivity contribution in [3.8, 4) is 0 Å². The van der Waals surface area contributed by atoms with Crippen LogP contribution in [0.15, 0.2) is 34.9 Å². The first kappa shape index (κ1) is 19.2. The minimum absolute atomic E-state index is 0.0851. The molecule has 27 heavy (non-hydrogen) atoms. The third-order valence-corrected chi connectivity index (χ3v) is 4.50. The zero-order valence-corrected chi connectivity index (χ0v) is 15.6. The number of piperazine rings is 1. The van der Waals surface area contributed by atoms with E-state index in [2.05, 4.69) is 4.98 Å². The third kappa shape index (κ3) is 4.58. The number of amides is 2. The number of aromatic nitrogens is 1. The van der Waals surface area contributed by atoms with E-state index in [4.69, 9.17) is 32.4 Å². The normalized spacial score (nSPS) is 14.1. The summed E-state index contributed by atoms with van der Waals surface area (Å²) in [6.07, 6.45) is 1.43. The first-order valence-corrected chi connectivity index (χ1v) is 8.81. The summed E-state index contributed by atoms with van der Waals surface area (Å²) in [6, 6.07) is 6.09. The fourth-order valence-electron chi connectivity index (χ4n) is 2.56. The van der Waals surface area contributed by atoms with E-state index >= 15 is 0 Å². The Morgan fingerprint density at radius 1 is 1.07 bits per heavy atom. The summed E-state index contributed by atoms with van der Waals surface area (Å²) in [7, 11) is 0. The summed E-state index contributed by atoms with van der Waals surface area (Å²) >= 11 is 11.6. The number of furan rings is 1. The Morgan fingerprint density at radius 2 is 1.78 bits per heavy atom. The van der Waals surface area contributed by atoms with Gasteiger partial charge in [-0.15, -0.1) is 0 Å². The number of hydrogen-bond acceptors (Lipinski definition) is 6. The van der Waals surface area contributed by atoms with Crippen molar-refractivity contribution in [2.45, 2.75) is 0 Å². The van der Waals surface area contributed by atoms with E-state index in [9.17, 15) is 14.4 Å². The van der Waals surface area contributed by atoms with Crippen LogP contribution >= 0.6 is 23.2 Å². The van der Waals surface area contributed by atoms with Gasteiger partial charge in [0.15, 0.2) is 18.1 Å². The number of nitrogens with zero attached hydrogens (tertiary/aromatic N) is 3. The number of carbonyl (C=O) groups excluding carboxylic acids is 3. The summed E-state index contributed by atoms with van der Waals surface area (Å²) in [6.45, 7) is 0.940. The van der Waals surface area contributed by atoms with Crippen molar-refractivity contribution in [1.82, 2.24) is 14.8 Å². The van der Waals surface area contributed by atoms with Crippen LogP contribution in [0.4, 0.5) is 0 Å². The molecular weight excluding hydrogens is 397 g/mol. The molecule has 2 aromatic heterocycles. The Bertz CT molecular complexity index is 848. The summed E-state index contributed by atoms with van der Waals surface area (Å²) in [5.41, 5.74) is -0.147. The molecule has 1 aliphatic rings. The molecule has 0 aromatic carbocycles. The second kappa shape index (κ2) is 8.41. The lowest BCUT2D eigenvalue weighted by Crippen LogP contribution is -2.51. The highest BCUT2D eigenvalue weighted by atomic mass is 35.5. The van der Waals surface area contributed by atoms with Crippen LogP contribution < -0.4 is 0 Å². The highest BCUT2D eigenvalue weighted by Crippen LogP contribution is 2.17. The molecule has 0 unspecified atom stereocenters. The number of esters is 1. The molecule has 0 N–H and O–H groups in total. The Morgan fingerprint density at radius 3 is 2.44 bits per heavy atom. The molecule has 2 amide bonds. The first-order valence-electron chi connectivity index (χ1n) is 8.05.